The number of halogens is 2. The van der Waals surface area contributed by atoms with Crippen LogP contribution in [0, 0.1) is 0 Å². The van der Waals surface area contributed by atoms with E-state index in [1.807, 2.05) is 42.5 Å². The van der Waals surface area contributed by atoms with Gasteiger partial charge in [0, 0.05) is 57.9 Å². The summed E-state index contributed by atoms with van der Waals surface area (Å²) < 4.78 is 13.2. The first-order valence-corrected chi connectivity index (χ1v) is 13.0. The summed E-state index contributed by atoms with van der Waals surface area (Å²) in [5.41, 5.74) is 5.33. The van der Waals surface area contributed by atoms with Crippen molar-refractivity contribution in [1.82, 2.24) is 10.3 Å². The van der Waals surface area contributed by atoms with Gasteiger partial charge >= 0.3 is 5.97 Å². The number of carbonyl (C=O) groups is 1. The Kier molecular flexibility index (Phi) is 9.40. The van der Waals surface area contributed by atoms with Gasteiger partial charge in [0.2, 0.25) is 0 Å². The van der Waals surface area contributed by atoms with Crippen molar-refractivity contribution in [3.05, 3.63) is 123 Å². The number of pyridine rings is 1. The smallest absolute Gasteiger partial charge is 0.330 e. The van der Waals surface area contributed by atoms with E-state index >= 15 is 0 Å². The van der Waals surface area contributed by atoms with Crippen molar-refractivity contribution in [1.29, 1.82) is 0 Å². The number of aliphatic carboxylic acids is 1. The molecule has 0 bridgehead atoms. The van der Waals surface area contributed by atoms with Crippen LogP contribution >= 0.6 is 27.5 Å². The average molecular weight is 594 g/mol. The van der Waals surface area contributed by atoms with Gasteiger partial charge in [-0.05, 0) is 46.1 Å². The minimum atomic E-state index is -1.02. The number of carboxylic acid groups (broad SMARTS) is 1. The highest BCUT2D eigenvalue weighted by molar-refractivity contribution is 9.10. The van der Waals surface area contributed by atoms with Gasteiger partial charge in [0.15, 0.2) is 0 Å². The van der Waals surface area contributed by atoms with Crippen molar-refractivity contribution in [2.75, 3.05) is 0 Å². The van der Waals surface area contributed by atoms with Crippen molar-refractivity contribution in [2.45, 2.75) is 26.7 Å². The Hall–Kier alpha value is -3.81. The largest absolute Gasteiger partial charge is 0.488 e. The second kappa shape index (κ2) is 13.1. The molecule has 1 heterocycles. The van der Waals surface area contributed by atoms with Gasteiger partial charge in [-0.2, -0.15) is 0 Å². The van der Waals surface area contributed by atoms with Gasteiger partial charge in [0.25, 0.3) is 0 Å². The molecule has 4 aromatic rings. The van der Waals surface area contributed by atoms with Crippen LogP contribution in [0.4, 0.5) is 0 Å². The number of hydrogen-bond acceptors (Lipinski definition) is 5. The fraction of sp³-hybridized carbons (Fsp3) is 0.133. The number of hydrogen-bond donors (Lipinski definition) is 2. The molecule has 2 N–H and O–H groups in total. The number of ether oxygens (including phenoxy) is 2. The molecule has 0 radical (unpaired) electrons. The lowest BCUT2D eigenvalue weighted by atomic mass is 10.0. The number of nitrogens with zero attached hydrogens (tertiary/aromatic N) is 1. The Bertz CT molecular complexity index is 1430. The molecule has 0 fully saturated rings. The normalized spacial score (nSPS) is 11.2. The molecule has 0 spiro atoms. The Morgan fingerprint density at radius 3 is 2.53 bits per heavy atom. The van der Waals surface area contributed by atoms with Crippen LogP contribution < -0.4 is 14.8 Å². The zero-order valence-electron chi connectivity index (χ0n) is 20.7. The molecular formula is C30H26BrClN2O4. The number of rotatable bonds is 11. The molecule has 0 aliphatic carbocycles. The van der Waals surface area contributed by atoms with E-state index < -0.39 is 5.97 Å². The second-order valence-electron chi connectivity index (χ2n) is 8.49. The van der Waals surface area contributed by atoms with Crippen LogP contribution in [0.2, 0.25) is 5.02 Å². The maximum absolute atomic E-state index is 11.0. The van der Waals surface area contributed by atoms with Gasteiger partial charge in [-0.1, -0.05) is 66.2 Å². The van der Waals surface area contributed by atoms with Crippen molar-refractivity contribution in [2.24, 2.45) is 0 Å². The third-order valence-corrected chi connectivity index (χ3v) is 6.91. The van der Waals surface area contributed by atoms with Gasteiger partial charge in [-0.3, -0.25) is 4.98 Å². The number of benzene rings is 3. The van der Waals surface area contributed by atoms with Crippen molar-refractivity contribution in [3.8, 4) is 22.6 Å². The monoisotopic (exact) mass is 592 g/mol. The van der Waals surface area contributed by atoms with E-state index in [2.05, 4.69) is 44.4 Å². The molecular weight excluding hydrogens is 568 g/mol. The third-order valence-electron chi connectivity index (χ3n) is 5.68. The van der Waals surface area contributed by atoms with Gasteiger partial charge in [-0.25, -0.2) is 4.79 Å². The zero-order valence-corrected chi connectivity index (χ0v) is 23.0. The molecule has 1 aromatic heterocycles. The highest BCUT2D eigenvalue weighted by Crippen LogP contribution is 2.36. The molecule has 0 unspecified atom stereocenters. The lowest BCUT2D eigenvalue weighted by molar-refractivity contribution is -0.131. The molecule has 6 nitrogen and oxygen atoms in total. The molecule has 0 saturated heterocycles. The predicted molar refractivity (Wildman–Crippen MR) is 152 cm³/mol. The van der Waals surface area contributed by atoms with Crippen LogP contribution in [-0.4, -0.2) is 16.1 Å². The summed E-state index contributed by atoms with van der Waals surface area (Å²) in [5.74, 6) is 0.0275. The van der Waals surface area contributed by atoms with Crippen LogP contribution in [0.5, 0.6) is 11.5 Å². The van der Waals surface area contributed by atoms with Gasteiger partial charge in [-0.15, -0.1) is 0 Å². The minimum absolute atomic E-state index is 0.293. The van der Waals surface area contributed by atoms with Crippen LogP contribution in [0.3, 0.4) is 0 Å². The highest BCUT2D eigenvalue weighted by Gasteiger charge is 2.14. The lowest BCUT2D eigenvalue weighted by Crippen LogP contribution is -2.13. The molecule has 0 saturated carbocycles. The Balaban J connectivity index is 1.56. The van der Waals surface area contributed by atoms with E-state index in [-0.39, 0.29) is 0 Å². The van der Waals surface area contributed by atoms with E-state index in [4.69, 9.17) is 26.2 Å². The Morgan fingerprint density at radius 2 is 1.79 bits per heavy atom. The summed E-state index contributed by atoms with van der Waals surface area (Å²) in [6, 6.07) is 23.5. The molecule has 0 aliphatic heterocycles. The van der Waals surface area contributed by atoms with E-state index in [1.54, 1.807) is 31.5 Å². The maximum atomic E-state index is 11.0. The number of allylic oxidation sites excluding steroid dienone is 1. The molecule has 3 aromatic carbocycles. The van der Waals surface area contributed by atoms with Crippen molar-refractivity contribution >= 4 is 33.5 Å². The van der Waals surface area contributed by atoms with Gasteiger partial charge < -0.3 is 19.9 Å². The summed E-state index contributed by atoms with van der Waals surface area (Å²) in [6.45, 7) is 2.60. The summed E-state index contributed by atoms with van der Waals surface area (Å²) in [6.07, 6.45) is 4.55. The fourth-order valence-electron chi connectivity index (χ4n) is 3.76. The molecule has 194 valence electrons. The maximum Gasteiger partial charge on any atom is 0.330 e. The van der Waals surface area contributed by atoms with Crippen molar-refractivity contribution < 1.29 is 19.4 Å². The number of carboxylic acids is 1. The summed E-state index contributed by atoms with van der Waals surface area (Å²) in [4.78, 5) is 15.1. The predicted octanol–water partition coefficient (Wildman–Crippen LogP) is 7.40. The fourth-order valence-corrected chi connectivity index (χ4v) is 4.61. The Labute approximate surface area is 235 Å². The first-order valence-electron chi connectivity index (χ1n) is 11.9. The highest BCUT2D eigenvalue weighted by atomic mass is 79.9. The van der Waals surface area contributed by atoms with E-state index in [9.17, 15) is 4.79 Å². The molecule has 38 heavy (non-hydrogen) atoms. The van der Waals surface area contributed by atoms with Crippen LogP contribution in [0.15, 0.2) is 101 Å². The number of aromatic nitrogens is 1. The van der Waals surface area contributed by atoms with Crippen LogP contribution in [0.25, 0.3) is 11.1 Å². The summed E-state index contributed by atoms with van der Waals surface area (Å²) in [7, 11) is 0. The quantitative estimate of drug-likeness (QED) is 0.176. The third kappa shape index (κ3) is 7.37. The SMILES string of the molecule is C/C(=C\C(=O)O)NCc1cc(Cl)c(OCc2cccc(-c3ccccc3)c2Br)cc1OCc1cccnc1. The second-order valence-corrected chi connectivity index (χ2v) is 9.69. The van der Waals surface area contributed by atoms with Crippen LogP contribution in [0.1, 0.15) is 23.6 Å². The first kappa shape index (κ1) is 27.2. The molecule has 0 amide bonds. The number of nitrogens with one attached hydrogen (secondary N) is 1. The van der Waals surface area contributed by atoms with Gasteiger partial charge in [0.05, 0.1) is 5.02 Å². The average Bonchev–Trinajstić information content (AvgIpc) is 2.92. The van der Waals surface area contributed by atoms with E-state index in [0.717, 1.165) is 38.4 Å². The summed E-state index contributed by atoms with van der Waals surface area (Å²) in [5, 5.41) is 12.5. The van der Waals surface area contributed by atoms with E-state index in [1.165, 1.54) is 0 Å². The Morgan fingerprint density at radius 1 is 1.00 bits per heavy atom. The van der Waals surface area contributed by atoms with Crippen LogP contribution in [-0.2, 0) is 24.6 Å². The zero-order chi connectivity index (χ0) is 26.9. The standard InChI is InChI=1S/C30H26BrClN2O4/c1-20(13-29(35)36)34-17-24-14-26(32)28(15-27(24)37-18-21-7-6-12-33-16-21)38-19-23-10-5-11-25(30(23)31)22-8-3-2-4-9-22/h2-16,34H,17-19H2,1H3,(H,35,36)/b20-13+. The van der Waals surface area contributed by atoms with Crippen molar-refractivity contribution in [3.63, 3.8) is 0 Å². The minimum Gasteiger partial charge on any atom is -0.488 e. The summed E-state index contributed by atoms with van der Waals surface area (Å²) >= 11 is 10.4. The van der Waals surface area contributed by atoms with E-state index in [0.29, 0.717) is 42.0 Å². The first-order chi connectivity index (χ1) is 18.4. The lowest BCUT2D eigenvalue weighted by Gasteiger charge is -2.17. The molecule has 0 atom stereocenters. The molecule has 4 rings (SSSR count). The molecule has 8 heteroatoms. The molecule has 0 aliphatic rings. The van der Waals surface area contributed by atoms with Gasteiger partial charge in [0.1, 0.15) is 24.7 Å². The topological polar surface area (TPSA) is 80.7 Å².